The molecule has 0 spiro atoms. The number of aryl methyl sites for hydroxylation is 2. The second kappa shape index (κ2) is 2.65. The predicted octanol–water partition coefficient (Wildman–Crippen LogP) is 1.20. The molecule has 0 unspecified atom stereocenters. The molecule has 0 saturated heterocycles. The Bertz CT molecular complexity index is 516. The van der Waals surface area contributed by atoms with E-state index in [0.717, 1.165) is 0 Å². The van der Waals surface area contributed by atoms with Crippen molar-refractivity contribution in [1.29, 1.82) is 0 Å². The van der Waals surface area contributed by atoms with Gasteiger partial charge in [-0.05, 0) is 13.8 Å². The van der Waals surface area contributed by atoms with Crippen molar-refractivity contribution in [3.63, 3.8) is 0 Å². The van der Waals surface area contributed by atoms with Gasteiger partial charge in [0.15, 0.2) is 11.1 Å². The summed E-state index contributed by atoms with van der Waals surface area (Å²) in [4.78, 5) is 19.3. The van der Waals surface area contributed by atoms with E-state index in [9.17, 15) is 4.79 Å². The van der Waals surface area contributed by atoms with Crippen molar-refractivity contribution in [3.05, 3.63) is 34.1 Å². The summed E-state index contributed by atoms with van der Waals surface area (Å²) < 4.78 is 5.23. The number of nitrogens with zero attached hydrogens (tertiary/aromatic N) is 2. The number of hydrogen-bond acceptors (Lipinski definition) is 4. The second-order valence-corrected chi connectivity index (χ2v) is 2.88. The van der Waals surface area contributed by atoms with Crippen LogP contribution >= 0.6 is 0 Å². The van der Waals surface area contributed by atoms with E-state index in [1.807, 2.05) is 0 Å². The SMILES string of the molecule is Cc1coc2c(C)ncnc2c1=O. The Morgan fingerprint density at radius 1 is 1.31 bits per heavy atom. The average Bonchev–Trinajstić information content (AvgIpc) is 2.12. The summed E-state index contributed by atoms with van der Waals surface area (Å²) in [6.45, 7) is 3.48. The van der Waals surface area contributed by atoms with E-state index in [0.29, 0.717) is 22.4 Å². The highest BCUT2D eigenvalue weighted by Crippen LogP contribution is 2.10. The van der Waals surface area contributed by atoms with Gasteiger partial charge in [-0.3, -0.25) is 4.79 Å². The lowest BCUT2D eigenvalue weighted by Gasteiger charge is -1.98. The zero-order chi connectivity index (χ0) is 9.42. The number of rotatable bonds is 0. The summed E-state index contributed by atoms with van der Waals surface area (Å²) in [7, 11) is 0. The standard InChI is InChI=1S/C9H8N2O2/c1-5-3-13-9-6(2)10-4-11-7(9)8(5)12/h3-4H,1-2H3. The van der Waals surface area contributed by atoms with Crippen LogP contribution in [-0.2, 0) is 0 Å². The maximum Gasteiger partial charge on any atom is 0.214 e. The fraction of sp³-hybridized carbons (Fsp3) is 0.222. The van der Waals surface area contributed by atoms with Crippen LogP contribution in [0.1, 0.15) is 11.3 Å². The molecule has 4 heteroatoms. The largest absolute Gasteiger partial charge is 0.460 e. The number of fused-ring (bicyclic) bond motifs is 1. The highest BCUT2D eigenvalue weighted by Gasteiger charge is 2.06. The molecule has 0 atom stereocenters. The molecule has 0 N–H and O–H groups in total. The van der Waals surface area contributed by atoms with E-state index in [4.69, 9.17) is 4.42 Å². The molecule has 0 saturated carbocycles. The zero-order valence-electron chi connectivity index (χ0n) is 7.37. The Morgan fingerprint density at radius 3 is 2.85 bits per heavy atom. The molecule has 0 aliphatic rings. The molecule has 0 radical (unpaired) electrons. The molecule has 0 aliphatic heterocycles. The quantitative estimate of drug-likeness (QED) is 0.605. The normalized spacial score (nSPS) is 10.6. The van der Waals surface area contributed by atoms with Crippen LogP contribution in [0.15, 0.2) is 21.8 Å². The highest BCUT2D eigenvalue weighted by molar-refractivity contribution is 5.73. The van der Waals surface area contributed by atoms with Gasteiger partial charge in [0.05, 0.1) is 12.0 Å². The smallest absolute Gasteiger partial charge is 0.214 e. The van der Waals surface area contributed by atoms with Crippen LogP contribution in [-0.4, -0.2) is 9.97 Å². The Morgan fingerprint density at radius 2 is 2.08 bits per heavy atom. The van der Waals surface area contributed by atoms with Crippen molar-refractivity contribution in [1.82, 2.24) is 9.97 Å². The third-order valence-electron chi connectivity index (χ3n) is 1.91. The summed E-state index contributed by atoms with van der Waals surface area (Å²) in [5.74, 6) is 0. The Labute approximate surface area is 74.2 Å². The Hall–Kier alpha value is -1.71. The number of aromatic nitrogens is 2. The number of hydrogen-bond donors (Lipinski definition) is 0. The maximum absolute atomic E-state index is 11.5. The summed E-state index contributed by atoms with van der Waals surface area (Å²) >= 11 is 0. The van der Waals surface area contributed by atoms with E-state index < -0.39 is 0 Å². The van der Waals surface area contributed by atoms with Gasteiger partial charge in [-0.15, -0.1) is 0 Å². The first kappa shape index (κ1) is 7.91. The molecule has 13 heavy (non-hydrogen) atoms. The van der Waals surface area contributed by atoms with Crippen molar-refractivity contribution < 1.29 is 4.42 Å². The lowest BCUT2D eigenvalue weighted by molar-refractivity contribution is 0.590. The van der Waals surface area contributed by atoms with Gasteiger partial charge < -0.3 is 4.42 Å². The van der Waals surface area contributed by atoms with Crippen molar-refractivity contribution in [2.75, 3.05) is 0 Å². The van der Waals surface area contributed by atoms with E-state index in [1.54, 1.807) is 13.8 Å². The molecule has 0 aliphatic carbocycles. The fourth-order valence-electron chi connectivity index (χ4n) is 1.15. The van der Waals surface area contributed by atoms with Crippen LogP contribution in [0.5, 0.6) is 0 Å². The van der Waals surface area contributed by atoms with E-state index >= 15 is 0 Å². The molecule has 2 aromatic heterocycles. The molecule has 2 heterocycles. The summed E-state index contributed by atoms with van der Waals surface area (Å²) in [6, 6.07) is 0. The molecule has 0 bridgehead atoms. The first-order chi connectivity index (χ1) is 6.20. The highest BCUT2D eigenvalue weighted by atomic mass is 16.3. The van der Waals surface area contributed by atoms with Gasteiger partial charge in [-0.25, -0.2) is 9.97 Å². The second-order valence-electron chi connectivity index (χ2n) is 2.88. The van der Waals surface area contributed by atoms with Crippen LogP contribution in [0.25, 0.3) is 11.1 Å². The van der Waals surface area contributed by atoms with E-state index in [2.05, 4.69) is 9.97 Å². The predicted molar refractivity (Wildman–Crippen MR) is 47.5 cm³/mol. The molecule has 66 valence electrons. The lowest BCUT2D eigenvalue weighted by atomic mass is 10.2. The van der Waals surface area contributed by atoms with Gasteiger partial charge in [-0.2, -0.15) is 0 Å². The summed E-state index contributed by atoms with van der Waals surface area (Å²) in [5, 5.41) is 0. The van der Waals surface area contributed by atoms with Crippen LogP contribution in [0, 0.1) is 13.8 Å². The van der Waals surface area contributed by atoms with Gasteiger partial charge in [0.1, 0.15) is 6.33 Å². The van der Waals surface area contributed by atoms with Crippen molar-refractivity contribution in [2.45, 2.75) is 13.8 Å². The van der Waals surface area contributed by atoms with Gasteiger partial charge in [0, 0.05) is 5.56 Å². The van der Waals surface area contributed by atoms with Gasteiger partial charge >= 0.3 is 0 Å². The van der Waals surface area contributed by atoms with Gasteiger partial charge in [-0.1, -0.05) is 0 Å². The minimum Gasteiger partial charge on any atom is -0.460 e. The van der Waals surface area contributed by atoms with Crippen LogP contribution < -0.4 is 5.43 Å². The van der Waals surface area contributed by atoms with Crippen molar-refractivity contribution in [3.8, 4) is 0 Å². The van der Waals surface area contributed by atoms with Gasteiger partial charge in [0.25, 0.3) is 0 Å². The van der Waals surface area contributed by atoms with Crippen molar-refractivity contribution in [2.24, 2.45) is 0 Å². The Balaban J connectivity index is 3.03. The third-order valence-corrected chi connectivity index (χ3v) is 1.91. The minimum atomic E-state index is -0.0910. The average molecular weight is 176 g/mol. The topological polar surface area (TPSA) is 56.0 Å². The monoisotopic (exact) mass is 176 g/mol. The summed E-state index contributed by atoms with van der Waals surface area (Å²) in [5.41, 5.74) is 1.98. The van der Waals surface area contributed by atoms with Crippen LogP contribution in [0.2, 0.25) is 0 Å². The first-order valence-corrected chi connectivity index (χ1v) is 3.90. The van der Waals surface area contributed by atoms with Crippen molar-refractivity contribution >= 4 is 11.1 Å². The minimum absolute atomic E-state index is 0.0910. The fourth-order valence-corrected chi connectivity index (χ4v) is 1.15. The first-order valence-electron chi connectivity index (χ1n) is 3.90. The molecule has 2 rings (SSSR count). The molecule has 2 aromatic rings. The zero-order valence-corrected chi connectivity index (χ0v) is 7.37. The summed E-state index contributed by atoms with van der Waals surface area (Å²) in [6.07, 6.45) is 2.80. The van der Waals surface area contributed by atoms with E-state index in [-0.39, 0.29) is 5.43 Å². The maximum atomic E-state index is 11.5. The van der Waals surface area contributed by atoms with Crippen LogP contribution in [0.3, 0.4) is 0 Å². The molecule has 4 nitrogen and oxygen atoms in total. The van der Waals surface area contributed by atoms with Gasteiger partial charge in [0.2, 0.25) is 5.43 Å². The van der Waals surface area contributed by atoms with Crippen LogP contribution in [0.4, 0.5) is 0 Å². The molecule has 0 aromatic carbocycles. The molecular weight excluding hydrogens is 168 g/mol. The molecule has 0 amide bonds. The lowest BCUT2D eigenvalue weighted by Crippen LogP contribution is -2.07. The third kappa shape index (κ3) is 1.11. The molecule has 0 fully saturated rings. The molecular formula is C9H8N2O2. The van der Waals surface area contributed by atoms with E-state index in [1.165, 1.54) is 12.6 Å². The Kier molecular flexibility index (Phi) is 1.62.